The van der Waals surface area contributed by atoms with Gasteiger partial charge in [-0.25, -0.2) is 0 Å². The van der Waals surface area contributed by atoms with Gasteiger partial charge in [0.25, 0.3) is 0 Å². The van der Waals surface area contributed by atoms with Gasteiger partial charge in [-0.05, 0) is 0 Å². The molecule has 0 aromatic heterocycles. The second-order valence-corrected chi connectivity index (χ2v) is 4.15. The third-order valence-electron chi connectivity index (χ3n) is 0.744. The van der Waals surface area contributed by atoms with Crippen molar-refractivity contribution in [1.82, 2.24) is 0 Å². The van der Waals surface area contributed by atoms with Crippen LogP contribution in [0.5, 0.6) is 0 Å². The molecule has 0 saturated carbocycles. The summed E-state index contributed by atoms with van der Waals surface area (Å²) in [5.41, 5.74) is 0. The van der Waals surface area contributed by atoms with E-state index in [2.05, 4.69) is 13.8 Å². The van der Waals surface area contributed by atoms with Crippen molar-refractivity contribution in [2.24, 2.45) is 0 Å². The molecular weight excluding hydrogens is 135 g/mol. The molecule has 0 aliphatic rings. The second-order valence-electron chi connectivity index (χ2n) is 1.77. The van der Waals surface area contributed by atoms with Crippen LogP contribution in [0.4, 0.5) is 0 Å². The fraction of sp³-hybridized carbons (Fsp3) is 1.00. The summed E-state index contributed by atoms with van der Waals surface area (Å²) in [4.78, 5) is 0. The van der Waals surface area contributed by atoms with Gasteiger partial charge in [-0.3, -0.25) is 0 Å². The Hall–Kier alpha value is 0.558. The molecule has 0 aliphatic carbocycles. The van der Waals surface area contributed by atoms with E-state index in [4.69, 9.17) is 0 Å². The molecule has 1 heteroatoms. The summed E-state index contributed by atoms with van der Waals surface area (Å²) in [5, 5.41) is 0. The van der Waals surface area contributed by atoms with E-state index in [-0.39, 0.29) is 0 Å². The van der Waals surface area contributed by atoms with Crippen LogP contribution in [0.15, 0.2) is 0 Å². The average molecular weight is 148 g/mol. The van der Waals surface area contributed by atoms with Crippen molar-refractivity contribution >= 4 is 16.9 Å². The summed E-state index contributed by atoms with van der Waals surface area (Å²) in [5.74, 6) is 0. The van der Waals surface area contributed by atoms with Crippen LogP contribution in [-0.4, -0.2) is 16.9 Å². The third-order valence-corrected chi connectivity index (χ3v) is 1.44. The molecule has 0 aliphatic heterocycles. The van der Waals surface area contributed by atoms with Crippen LogP contribution in [0.2, 0.25) is 4.71 Å². The molecule has 0 N–H and O–H groups in total. The molecule has 38 valence electrons. The Morgan fingerprint density at radius 3 is 2.17 bits per heavy atom. The van der Waals surface area contributed by atoms with E-state index in [0.717, 1.165) is 4.71 Å². The first-order chi connectivity index (χ1) is 2.77. The van der Waals surface area contributed by atoms with Gasteiger partial charge >= 0.3 is 48.2 Å². The summed E-state index contributed by atoms with van der Waals surface area (Å²) in [6.07, 6.45) is 2.75. The normalized spacial score (nSPS) is 14.5. The van der Waals surface area contributed by atoms with Gasteiger partial charge in [0.1, 0.15) is 0 Å². The minimum absolute atomic E-state index is 0.961. The van der Waals surface area contributed by atoms with E-state index >= 15 is 0 Å². The zero-order chi connectivity index (χ0) is 4.99. The summed E-state index contributed by atoms with van der Waals surface area (Å²) in [6, 6.07) is 0. The zero-order valence-electron chi connectivity index (χ0n) is 4.57. The van der Waals surface area contributed by atoms with Crippen molar-refractivity contribution < 1.29 is 0 Å². The van der Waals surface area contributed by atoms with Gasteiger partial charge in [0.05, 0.1) is 0 Å². The molecule has 0 heterocycles. The van der Waals surface area contributed by atoms with Gasteiger partial charge < -0.3 is 0 Å². The molecular formula is C5H13As. The minimum atomic E-state index is 0.961. The first kappa shape index (κ1) is 6.56. The Kier molecular flexibility index (Phi) is 4.09. The van der Waals surface area contributed by atoms with Crippen LogP contribution in [0.3, 0.4) is 0 Å². The molecule has 0 radical (unpaired) electrons. The van der Waals surface area contributed by atoms with E-state index in [0.29, 0.717) is 0 Å². The van der Waals surface area contributed by atoms with Crippen LogP contribution < -0.4 is 0 Å². The van der Waals surface area contributed by atoms with Gasteiger partial charge in [-0.1, -0.05) is 0 Å². The predicted octanol–water partition coefficient (Wildman–Crippen LogP) is 1.23. The summed E-state index contributed by atoms with van der Waals surface area (Å²) in [6.45, 7) is 4.51. The molecule has 0 amide bonds. The summed E-state index contributed by atoms with van der Waals surface area (Å²) in [7, 11) is 0. The van der Waals surface area contributed by atoms with Crippen molar-refractivity contribution in [2.75, 3.05) is 0 Å². The molecule has 2 unspecified atom stereocenters. The molecule has 0 saturated heterocycles. The van der Waals surface area contributed by atoms with Crippen LogP contribution in [0.25, 0.3) is 0 Å². The van der Waals surface area contributed by atoms with E-state index in [1.807, 2.05) is 16.9 Å². The fourth-order valence-corrected chi connectivity index (χ4v) is 1.15. The molecule has 0 nitrogen and oxygen atoms in total. The monoisotopic (exact) mass is 148 g/mol. The maximum atomic E-state index is 2.28. The van der Waals surface area contributed by atoms with Gasteiger partial charge in [-0.15, -0.1) is 0 Å². The van der Waals surface area contributed by atoms with Gasteiger partial charge in [-0.2, -0.15) is 0 Å². The summed E-state index contributed by atoms with van der Waals surface area (Å²) >= 11 is 1.86. The number of hydrogen-bond donors (Lipinski definition) is 0. The van der Waals surface area contributed by atoms with E-state index in [1.165, 1.54) is 12.8 Å². The molecule has 0 fully saturated rings. The number of rotatable bonds is 2. The Bertz CT molecular complexity index is 25.1. The standard InChI is InChI=1S/C5H13As/c1-3-4-5(2)6/h5H,3-4,6H2,1-2H3. The SMILES string of the molecule is CCCC(C)[AsH2]. The van der Waals surface area contributed by atoms with Gasteiger partial charge in [0.15, 0.2) is 0 Å². The second kappa shape index (κ2) is 3.74. The van der Waals surface area contributed by atoms with Crippen LogP contribution >= 0.6 is 0 Å². The van der Waals surface area contributed by atoms with E-state index < -0.39 is 0 Å². The molecule has 0 spiro atoms. The molecule has 0 bridgehead atoms. The van der Waals surface area contributed by atoms with Crippen LogP contribution in [-0.2, 0) is 0 Å². The van der Waals surface area contributed by atoms with E-state index in [1.54, 1.807) is 0 Å². The predicted molar refractivity (Wildman–Crippen MR) is 32.9 cm³/mol. The van der Waals surface area contributed by atoms with Crippen molar-refractivity contribution in [3.8, 4) is 0 Å². The van der Waals surface area contributed by atoms with Crippen LogP contribution in [0, 0.1) is 0 Å². The van der Waals surface area contributed by atoms with Crippen molar-refractivity contribution in [3.05, 3.63) is 0 Å². The van der Waals surface area contributed by atoms with Crippen molar-refractivity contribution in [2.45, 2.75) is 31.4 Å². The molecule has 0 rings (SSSR count). The fourth-order valence-electron chi connectivity index (χ4n) is 0.455. The first-order valence-electron chi connectivity index (χ1n) is 2.53. The molecule has 2 atom stereocenters. The van der Waals surface area contributed by atoms with Crippen molar-refractivity contribution in [3.63, 3.8) is 0 Å². The quantitative estimate of drug-likeness (QED) is 0.516. The Morgan fingerprint density at radius 1 is 1.67 bits per heavy atom. The Balaban J connectivity index is 2.63. The Morgan fingerprint density at radius 2 is 2.17 bits per heavy atom. The average Bonchev–Trinajstić information content (AvgIpc) is 1.35. The molecule has 0 aromatic carbocycles. The number of hydrogen-bond acceptors (Lipinski definition) is 0. The van der Waals surface area contributed by atoms with Gasteiger partial charge in [0.2, 0.25) is 0 Å². The maximum absolute atomic E-state index is 2.28. The first-order valence-corrected chi connectivity index (χ1v) is 3.92. The summed E-state index contributed by atoms with van der Waals surface area (Å²) < 4.78 is 0.961. The van der Waals surface area contributed by atoms with E-state index in [9.17, 15) is 0 Å². The topological polar surface area (TPSA) is 0 Å². The van der Waals surface area contributed by atoms with Gasteiger partial charge in [0, 0.05) is 0 Å². The third kappa shape index (κ3) is 4.56. The molecule has 6 heavy (non-hydrogen) atoms. The van der Waals surface area contributed by atoms with Crippen LogP contribution in [0.1, 0.15) is 26.7 Å². The Labute approximate surface area is 48.8 Å². The van der Waals surface area contributed by atoms with Crippen molar-refractivity contribution in [1.29, 1.82) is 0 Å². The molecule has 0 aromatic rings. The zero-order valence-corrected chi connectivity index (χ0v) is 6.99.